The Hall–Kier alpha value is -3.77. The molecule has 1 heterocycles. The number of amides is 1. The number of carbonyl (C=O) groups excluding carboxylic acids is 2. The monoisotopic (exact) mass is 525 g/mol. The molecule has 0 spiro atoms. The number of halogens is 1. The van der Waals surface area contributed by atoms with Crippen molar-refractivity contribution in [1.82, 2.24) is 0 Å². The summed E-state index contributed by atoms with van der Waals surface area (Å²) in [6.07, 6.45) is 0. The minimum Gasteiger partial charge on any atom is -0.483 e. The van der Waals surface area contributed by atoms with Crippen LogP contribution in [0.5, 0.6) is 5.75 Å². The number of esters is 1. The maximum Gasteiger partial charge on any atom is 0.338 e. The Balaban J connectivity index is 1.95. The van der Waals surface area contributed by atoms with Gasteiger partial charge in [0.1, 0.15) is 23.2 Å². The zero-order valence-corrected chi connectivity index (χ0v) is 20.6. The second-order valence-corrected chi connectivity index (χ2v) is 8.42. The van der Waals surface area contributed by atoms with Crippen molar-refractivity contribution < 1.29 is 23.8 Å². The number of rotatable bonds is 7. The third-order valence-electron chi connectivity index (χ3n) is 5.04. The van der Waals surface area contributed by atoms with Gasteiger partial charge in [0, 0.05) is 15.7 Å². The fourth-order valence-electron chi connectivity index (χ4n) is 3.61. The number of hydrogen-bond donors (Lipinski definition) is 2. The lowest BCUT2D eigenvalue weighted by Crippen LogP contribution is -2.26. The van der Waals surface area contributed by atoms with Crippen molar-refractivity contribution in [2.45, 2.75) is 26.7 Å². The van der Waals surface area contributed by atoms with Crippen molar-refractivity contribution in [3.63, 3.8) is 0 Å². The van der Waals surface area contributed by atoms with Crippen LogP contribution in [0, 0.1) is 18.3 Å². The fraction of sp³-hybridized carbons (Fsp3) is 0.240. The van der Waals surface area contributed by atoms with E-state index in [1.54, 1.807) is 38.1 Å². The van der Waals surface area contributed by atoms with E-state index in [1.807, 2.05) is 31.2 Å². The topological polar surface area (TPSA) is 124 Å². The highest BCUT2D eigenvalue weighted by Gasteiger charge is 2.38. The minimum atomic E-state index is -0.898. The van der Waals surface area contributed by atoms with Gasteiger partial charge in [-0.15, -0.1) is 0 Å². The summed E-state index contributed by atoms with van der Waals surface area (Å²) in [7, 11) is 0. The van der Waals surface area contributed by atoms with Gasteiger partial charge in [-0.2, -0.15) is 5.26 Å². The Labute approximate surface area is 206 Å². The Bertz CT molecular complexity index is 1230. The zero-order chi connectivity index (χ0) is 24.8. The molecule has 2 aromatic carbocycles. The summed E-state index contributed by atoms with van der Waals surface area (Å²) in [5.74, 6) is -1.47. The van der Waals surface area contributed by atoms with Crippen molar-refractivity contribution in [2.75, 3.05) is 18.5 Å². The van der Waals surface area contributed by atoms with Crippen LogP contribution in [-0.2, 0) is 19.1 Å². The van der Waals surface area contributed by atoms with Gasteiger partial charge in [0.15, 0.2) is 6.61 Å². The molecule has 2 aromatic rings. The predicted octanol–water partition coefficient (Wildman–Crippen LogP) is 4.42. The van der Waals surface area contributed by atoms with E-state index in [0.29, 0.717) is 21.5 Å². The normalized spacial score (nSPS) is 15.3. The van der Waals surface area contributed by atoms with Gasteiger partial charge in [-0.25, -0.2) is 4.79 Å². The molecular formula is C25H24BrN3O5. The third kappa shape index (κ3) is 5.58. The molecule has 3 N–H and O–H groups in total. The highest BCUT2D eigenvalue weighted by molar-refractivity contribution is 9.10. The van der Waals surface area contributed by atoms with Gasteiger partial charge >= 0.3 is 5.97 Å². The first-order chi connectivity index (χ1) is 16.2. The molecule has 0 fully saturated rings. The van der Waals surface area contributed by atoms with Crippen LogP contribution in [0.1, 0.15) is 30.9 Å². The van der Waals surface area contributed by atoms with E-state index in [9.17, 15) is 14.9 Å². The largest absolute Gasteiger partial charge is 0.483 e. The number of nitrogens with zero attached hydrogens (tertiary/aromatic N) is 1. The Morgan fingerprint density at radius 2 is 2.00 bits per heavy atom. The van der Waals surface area contributed by atoms with Gasteiger partial charge in [0.05, 0.1) is 18.1 Å². The molecule has 0 bridgehead atoms. The van der Waals surface area contributed by atoms with Crippen LogP contribution in [0.25, 0.3) is 0 Å². The smallest absolute Gasteiger partial charge is 0.338 e. The van der Waals surface area contributed by atoms with Crippen LogP contribution in [0.15, 0.2) is 69.7 Å². The quantitative estimate of drug-likeness (QED) is 0.512. The maximum absolute atomic E-state index is 12.8. The van der Waals surface area contributed by atoms with Gasteiger partial charge < -0.3 is 25.3 Å². The predicted molar refractivity (Wildman–Crippen MR) is 129 cm³/mol. The molecule has 0 radical (unpaired) electrons. The molecule has 8 nitrogen and oxygen atoms in total. The zero-order valence-electron chi connectivity index (χ0n) is 19.0. The molecule has 3 rings (SSSR count). The molecule has 1 atom stereocenters. The van der Waals surface area contributed by atoms with Crippen molar-refractivity contribution >= 4 is 33.5 Å². The Morgan fingerprint density at radius 3 is 2.68 bits per heavy atom. The molecule has 1 amide bonds. The summed E-state index contributed by atoms with van der Waals surface area (Å²) in [6.45, 7) is 5.04. The third-order valence-corrected chi connectivity index (χ3v) is 5.54. The lowest BCUT2D eigenvalue weighted by Gasteiger charge is -2.28. The number of allylic oxidation sites excluding steroid dienone is 2. The van der Waals surface area contributed by atoms with Gasteiger partial charge in [-0.05, 0) is 56.7 Å². The van der Waals surface area contributed by atoms with E-state index in [1.165, 1.54) is 0 Å². The lowest BCUT2D eigenvalue weighted by atomic mass is 9.82. The number of hydrogen-bond acceptors (Lipinski definition) is 7. The average Bonchev–Trinajstić information content (AvgIpc) is 2.78. The fourth-order valence-corrected chi connectivity index (χ4v) is 3.98. The summed E-state index contributed by atoms with van der Waals surface area (Å²) >= 11 is 3.43. The van der Waals surface area contributed by atoms with E-state index < -0.39 is 11.9 Å². The summed E-state index contributed by atoms with van der Waals surface area (Å²) in [5.41, 5.74) is 8.29. The molecule has 0 aliphatic carbocycles. The molecule has 0 saturated heterocycles. The van der Waals surface area contributed by atoms with Crippen molar-refractivity contribution in [2.24, 2.45) is 5.73 Å². The van der Waals surface area contributed by atoms with Gasteiger partial charge in [0.25, 0.3) is 5.91 Å². The average molecular weight is 526 g/mol. The molecule has 1 aliphatic heterocycles. The molecular weight excluding hydrogens is 502 g/mol. The highest BCUT2D eigenvalue weighted by Crippen LogP contribution is 2.43. The van der Waals surface area contributed by atoms with E-state index in [-0.39, 0.29) is 41.9 Å². The van der Waals surface area contributed by atoms with E-state index in [4.69, 9.17) is 19.9 Å². The summed E-state index contributed by atoms with van der Waals surface area (Å²) in [6, 6.07) is 14.5. The van der Waals surface area contributed by atoms with Gasteiger partial charge in [0.2, 0.25) is 5.88 Å². The molecule has 1 unspecified atom stereocenters. The minimum absolute atomic E-state index is 0.0424. The SMILES string of the molecule is CCOC(=O)C1=C(C)OC(N)=C(C#N)C1c1cc(Br)ccc1OCC(=O)Nc1cccc(C)c1. The number of aryl methyl sites for hydroxylation is 1. The molecule has 0 saturated carbocycles. The first kappa shape index (κ1) is 24.9. The van der Waals surface area contributed by atoms with Crippen LogP contribution >= 0.6 is 15.9 Å². The molecule has 0 aromatic heterocycles. The van der Waals surface area contributed by atoms with E-state index in [2.05, 4.69) is 21.2 Å². The van der Waals surface area contributed by atoms with Crippen LogP contribution in [0.4, 0.5) is 5.69 Å². The first-order valence-corrected chi connectivity index (χ1v) is 11.3. The second-order valence-electron chi connectivity index (χ2n) is 7.50. The van der Waals surface area contributed by atoms with Crippen LogP contribution < -0.4 is 15.8 Å². The standard InChI is InChI=1S/C25H24BrN3O5/c1-4-32-25(31)22-15(3)34-24(28)19(12-27)23(22)18-11-16(26)8-9-20(18)33-13-21(30)29-17-7-5-6-14(2)10-17/h5-11,23H,4,13,28H2,1-3H3,(H,29,30). The lowest BCUT2D eigenvalue weighted by molar-refractivity contribution is -0.139. The van der Waals surface area contributed by atoms with Crippen LogP contribution in [-0.4, -0.2) is 25.1 Å². The Morgan fingerprint density at radius 1 is 1.24 bits per heavy atom. The summed E-state index contributed by atoms with van der Waals surface area (Å²) in [5, 5.41) is 12.6. The summed E-state index contributed by atoms with van der Waals surface area (Å²) in [4.78, 5) is 25.3. The molecule has 176 valence electrons. The maximum atomic E-state index is 12.8. The Kier molecular flexibility index (Phi) is 7.97. The molecule has 1 aliphatic rings. The molecule has 34 heavy (non-hydrogen) atoms. The highest BCUT2D eigenvalue weighted by atomic mass is 79.9. The number of benzene rings is 2. The van der Waals surface area contributed by atoms with E-state index >= 15 is 0 Å². The number of ether oxygens (including phenoxy) is 3. The number of anilines is 1. The summed E-state index contributed by atoms with van der Waals surface area (Å²) < 4.78 is 17.2. The van der Waals surface area contributed by atoms with Gasteiger partial charge in [-0.3, -0.25) is 4.79 Å². The number of carbonyl (C=O) groups is 2. The first-order valence-electron chi connectivity index (χ1n) is 10.5. The van der Waals surface area contributed by atoms with Crippen molar-refractivity contribution in [1.29, 1.82) is 5.26 Å². The second kappa shape index (κ2) is 10.9. The van der Waals surface area contributed by atoms with Gasteiger partial charge in [-0.1, -0.05) is 28.1 Å². The number of nitriles is 1. The van der Waals surface area contributed by atoms with Crippen LogP contribution in [0.3, 0.4) is 0 Å². The number of nitrogens with one attached hydrogen (secondary N) is 1. The van der Waals surface area contributed by atoms with Crippen molar-refractivity contribution in [3.8, 4) is 11.8 Å². The van der Waals surface area contributed by atoms with Crippen LogP contribution in [0.2, 0.25) is 0 Å². The molecule has 9 heteroatoms. The number of nitrogens with two attached hydrogens (primary N) is 1. The van der Waals surface area contributed by atoms with Crippen molar-refractivity contribution in [3.05, 3.63) is 80.9 Å². The van der Waals surface area contributed by atoms with E-state index in [0.717, 1.165) is 5.56 Å².